The van der Waals surface area contributed by atoms with E-state index in [0.717, 1.165) is 45.1 Å². The van der Waals surface area contributed by atoms with E-state index in [4.69, 9.17) is 4.74 Å². The number of hydrogen-bond acceptors (Lipinski definition) is 6. The van der Waals surface area contributed by atoms with Gasteiger partial charge in [0, 0.05) is 26.2 Å². The van der Waals surface area contributed by atoms with Crippen LogP contribution >= 0.6 is 0 Å². The SMILES string of the molecule is COc1nc(C(=O)N2CCCC23CCCN(C2CCC(O)CC2)C3=O)nn1C. The van der Waals surface area contributed by atoms with Crippen molar-refractivity contribution in [1.29, 1.82) is 0 Å². The third-order valence-corrected chi connectivity index (χ3v) is 6.59. The van der Waals surface area contributed by atoms with Gasteiger partial charge in [-0.3, -0.25) is 9.59 Å². The average Bonchev–Trinajstić information content (AvgIpc) is 3.28. The predicted molar refractivity (Wildman–Crippen MR) is 99.8 cm³/mol. The minimum atomic E-state index is -0.780. The molecule has 1 aliphatic carbocycles. The fourth-order valence-electron chi connectivity index (χ4n) is 5.15. The highest BCUT2D eigenvalue weighted by molar-refractivity contribution is 5.98. The number of ether oxygens (including phenoxy) is 1. The van der Waals surface area contributed by atoms with Gasteiger partial charge < -0.3 is 19.6 Å². The molecule has 1 spiro atoms. The molecule has 1 aromatic heterocycles. The molecule has 9 nitrogen and oxygen atoms in total. The number of aromatic nitrogens is 3. The van der Waals surface area contributed by atoms with Gasteiger partial charge in [0.25, 0.3) is 5.91 Å². The lowest BCUT2D eigenvalue weighted by atomic mass is 9.82. The largest absolute Gasteiger partial charge is 0.467 e. The first-order valence-corrected chi connectivity index (χ1v) is 10.2. The van der Waals surface area contributed by atoms with E-state index >= 15 is 0 Å². The van der Waals surface area contributed by atoms with E-state index in [1.807, 2.05) is 4.90 Å². The van der Waals surface area contributed by atoms with Crippen molar-refractivity contribution >= 4 is 11.8 Å². The first-order chi connectivity index (χ1) is 13.5. The topological polar surface area (TPSA) is 101 Å². The lowest BCUT2D eigenvalue weighted by Gasteiger charge is -2.47. The summed E-state index contributed by atoms with van der Waals surface area (Å²) >= 11 is 0. The molecule has 3 aliphatic rings. The van der Waals surface area contributed by atoms with Crippen LogP contribution in [0.1, 0.15) is 62.0 Å². The van der Waals surface area contributed by atoms with Gasteiger partial charge in [-0.05, 0) is 51.4 Å². The quantitative estimate of drug-likeness (QED) is 0.815. The highest BCUT2D eigenvalue weighted by Gasteiger charge is 2.54. The highest BCUT2D eigenvalue weighted by Crippen LogP contribution is 2.41. The van der Waals surface area contributed by atoms with Gasteiger partial charge in [0.15, 0.2) is 0 Å². The molecule has 3 heterocycles. The maximum atomic E-state index is 13.6. The first kappa shape index (κ1) is 19.2. The second-order valence-corrected chi connectivity index (χ2v) is 8.20. The number of nitrogens with zero attached hydrogens (tertiary/aromatic N) is 5. The summed E-state index contributed by atoms with van der Waals surface area (Å²) in [5, 5.41) is 14.0. The van der Waals surface area contributed by atoms with Crippen molar-refractivity contribution in [3.63, 3.8) is 0 Å². The summed E-state index contributed by atoms with van der Waals surface area (Å²) in [6.07, 6.45) is 5.95. The van der Waals surface area contributed by atoms with Crippen LogP contribution in [0.3, 0.4) is 0 Å². The van der Waals surface area contributed by atoms with Crippen LogP contribution in [0, 0.1) is 0 Å². The van der Waals surface area contributed by atoms with E-state index in [1.54, 1.807) is 11.9 Å². The van der Waals surface area contributed by atoms with Crippen LogP contribution in [-0.2, 0) is 11.8 Å². The lowest BCUT2D eigenvalue weighted by molar-refractivity contribution is -0.149. The van der Waals surface area contributed by atoms with Crippen molar-refractivity contribution < 1.29 is 19.4 Å². The van der Waals surface area contributed by atoms with Gasteiger partial charge in [-0.25, -0.2) is 4.68 Å². The standard InChI is InChI=1S/C19H29N5O4/c1-22-18(28-2)20-15(21-22)16(26)24-12-4-10-19(24)9-3-11-23(17(19)27)13-5-7-14(25)8-6-13/h13-14,25H,3-12H2,1-2H3. The van der Waals surface area contributed by atoms with Gasteiger partial charge in [0.05, 0.1) is 13.2 Å². The van der Waals surface area contributed by atoms with Gasteiger partial charge in [-0.1, -0.05) is 0 Å². The van der Waals surface area contributed by atoms with E-state index in [2.05, 4.69) is 10.1 Å². The smallest absolute Gasteiger partial charge is 0.314 e. The number of methoxy groups -OCH3 is 1. The van der Waals surface area contributed by atoms with Gasteiger partial charge >= 0.3 is 6.01 Å². The number of likely N-dealkylation sites (tertiary alicyclic amines) is 2. The zero-order valence-electron chi connectivity index (χ0n) is 16.6. The molecule has 154 valence electrons. The summed E-state index contributed by atoms with van der Waals surface area (Å²) in [4.78, 5) is 34.7. The summed E-state index contributed by atoms with van der Waals surface area (Å²) in [6, 6.07) is 0.438. The second kappa shape index (κ2) is 7.35. The van der Waals surface area contributed by atoms with E-state index in [0.29, 0.717) is 19.4 Å². The zero-order valence-corrected chi connectivity index (χ0v) is 16.6. The average molecular weight is 391 g/mol. The van der Waals surface area contributed by atoms with Crippen molar-refractivity contribution in [3.05, 3.63) is 5.82 Å². The molecular weight excluding hydrogens is 362 g/mol. The van der Waals surface area contributed by atoms with Crippen LogP contribution in [0.2, 0.25) is 0 Å². The third kappa shape index (κ3) is 3.05. The molecule has 28 heavy (non-hydrogen) atoms. The molecule has 0 radical (unpaired) electrons. The molecule has 1 unspecified atom stereocenters. The van der Waals surface area contributed by atoms with Gasteiger partial charge in [0.2, 0.25) is 11.7 Å². The number of amides is 2. The Bertz CT molecular complexity index is 758. The second-order valence-electron chi connectivity index (χ2n) is 8.20. The van der Waals surface area contributed by atoms with Crippen molar-refractivity contribution in [2.24, 2.45) is 7.05 Å². The molecule has 1 atom stereocenters. The maximum Gasteiger partial charge on any atom is 0.314 e. The normalized spacial score (nSPS) is 30.9. The summed E-state index contributed by atoms with van der Waals surface area (Å²) in [5.74, 6) is -0.161. The fraction of sp³-hybridized carbons (Fsp3) is 0.789. The van der Waals surface area contributed by atoms with E-state index in [9.17, 15) is 14.7 Å². The number of piperidine rings is 1. The van der Waals surface area contributed by atoms with Gasteiger partial charge in [-0.2, -0.15) is 4.98 Å². The Morgan fingerprint density at radius 1 is 1.18 bits per heavy atom. The third-order valence-electron chi connectivity index (χ3n) is 6.59. The summed E-state index contributed by atoms with van der Waals surface area (Å²) < 4.78 is 6.55. The van der Waals surface area contributed by atoms with Crippen molar-refractivity contribution in [2.75, 3.05) is 20.2 Å². The van der Waals surface area contributed by atoms with Crippen LogP contribution < -0.4 is 4.74 Å². The number of hydrogen-bond donors (Lipinski definition) is 1. The van der Waals surface area contributed by atoms with Crippen molar-refractivity contribution in [3.8, 4) is 6.01 Å². The Morgan fingerprint density at radius 3 is 2.50 bits per heavy atom. The monoisotopic (exact) mass is 391 g/mol. The molecule has 9 heteroatoms. The van der Waals surface area contributed by atoms with E-state index in [1.165, 1.54) is 11.8 Å². The molecule has 2 saturated heterocycles. The number of carbonyl (C=O) groups excluding carboxylic acids is 2. The zero-order chi connectivity index (χ0) is 19.9. The van der Waals surface area contributed by atoms with Gasteiger partial charge in [0.1, 0.15) is 5.54 Å². The Hall–Kier alpha value is -2.16. The van der Waals surface area contributed by atoms with Crippen LogP contribution in [0.4, 0.5) is 0 Å². The number of carbonyl (C=O) groups is 2. The van der Waals surface area contributed by atoms with Crippen molar-refractivity contribution in [1.82, 2.24) is 24.6 Å². The molecule has 3 fully saturated rings. The number of aryl methyl sites for hydroxylation is 1. The van der Waals surface area contributed by atoms with Crippen LogP contribution in [0.15, 0.2) is 0 Å². The van der Waals surface area contributed by atoms with Crippen LogP contribution in [-0.4, -0.2) is 79.4 Å². The maximum absolute atomic E-state index is 13.6. The van der Waals surface area contributed by atoms with E-state index in [-0.39, 0.29) is 35.8 Å². The lowest BCUT2D eigenvalue weighted by Crippen LogP contribution is -2.63. The molecule has 2 aliphatic heterocycles. The number of rotatable bonds is 3. The molecule has 0 bridgehead atoms. The molecule has 0 aromatic carbocycles. The molecule has 1 N–H and O–H groups in total. The first-order valence-electron chi connectivity index (χ1n) is 10.2. The minimum absolute atomic E-state index is 0.0638. The van der Waals surface area contributed by atoms with Crippen LogP contribution in [0.25, 0.3) is 0 Å². The molecule has 1 saturated carbocycles. The van der Waals surface area contributed by atoms with Crippen molar-refractivity contribution in [2.45, 2.75) is 69.1 Å². The molecular formula is C19H29N5O4. The van der Waals surface area contributed by atoms with Crippen LogP contribution in [0.5, 0.6) is 6.01 Å². The Labute approximate surface area is 164 Å². The summed E-state index contributed by atoms with van der Waals surface area (Å²) in [7, 11) is 3.16. The molecule has 2 amide bonds. The Kier molecular flexibility index (Phi) is 5.03. The fourth-order valence-corrected chi connectivity index (χ4v) is 5.15. The molecule has 1 aromatic rings. The Balaban J connectivity index is 1.57. The summed E-state index contributed by atoms with van der Waals surface area (Å²) in [5.41, 5.74) is -0.780. The predicted octanol–water partition coefficient (Wildman–Crippen LogP) is 0.724. The minimum Gasteiger partial charge on any atom is -0.467 e. The van der Waals surface area contributed by atoms with E-state index < -0.39 is 5.54 Å². The number of aliphatic hydroxyl groups is 1. The Morgan fingerprint density at radius 2 is 1.86 bits per heavy atom. The summed E-state index contributed by atoms with van der Waals surface area (Å²) in [6.45, 7) is 1.28. The van der Waals surface area contributed by atoms with Gasteiger partial charge in [-0.15, -0.1) is 5.10 Å². The highest BCUT2D eigenvalue weighted by atomic mass is 16.5. The molecule has 4 rings (SSSR count). The number of aliphatic hydroxyl groups excluding tert-OH is 1.